The van der Waals surface area contributed by atoms with E-state index in [0.717, 1.165) is 0 Å². The third-order valence-electron chi connectivity index (χ3n) is 2.06. The van der Waals surface area contributed by atoms with Gasteiger partial charge in [0.25, 0.3) is 0 Å². The molecule has 19 heavy (non-hydrogen) atoms. The van der Waals surface area contributed by atoms with Crippen LogP contribution in [0.1, 0.15) is 32.3 Å². The van der Waals surface area contributed by atoms with Crippen molar-refractivity contribution in [3.63, 3.8) is 0 Å². The molecule has 0 atom stereocenters. The summed E-state index contributed by atoms with van der Waals surface area (Å²) in [5.74, 6) is 0.152. The first-order valence-corrected chi connectivity index (χ1v) is 6.83. The summed E-state index contributed by atoms with van der Waals surface area (Å²) >= 11 is 7.98. The highest BCUT2D eigenvalue weighted by Crippen LogP contribution is 2.29. The second-order valence-electron chi connectivity index (χ2n) is 4.95. The minimum atomic E-state index is -4.36. The first kappa shape index (κ1) is 16.9. The Morgan fingerprint density at radius 1 is 1.21 bits per heavy atom. The summed E-state index contributed by atoms with van der Waals surface area (Å²) in [4.78, 5) is 8.15. The first-order chi connectivity index (χ1) is 8.50. The third-order valence-corrected chi connectivity index (χ3v) is 3.68. The summed E-state index contributed by atoms with van der Waals surface area (Å²) in [7, 11) is 0. The summed E-state index contributed by atoms with van der Waals surface area (Å²) < 4.78 is 41.2. The van der Waals surface area contributed by atoms with Crippen LogP contribution in [0.2, 0.25) is 5.15 Å². The smallest absolute Gasteiger partial charge is 0.364 e. The lowest BCUT2D eigenvalue weighted by Crippen LogP contribution is -2.20. The highest BCUT2D eigenvalue weighted by molar-refractivity contribution is 14.1. The fourth-order valence-corrected chi connectivity index (χ4v) is 2.52. The van der Waals surface area contributed by atoms with Crippen molar-refractivity contribution in [1.82, 2.24) is 9.97 Å². The van der Waals surface area contributed by atoms with Crippen molar-refractivity contribution in [3.8, 4) is 0 Å². The van der Waals surface area contributed by atoms with E-state index < -0.39 is 12.8 Å². The molecule has 0 spiro atoms. The summed E-state index contributed by atoms with van der Waals surface area (Å²) in [6.07, 6.45) is -4.36. The Labute approximate surface area is 128 Å². The lowest BCUT2D eigenvalue weighted by atomic mass is 9.92. The number of rotatable bonds is 3. The summed E-state index contributed by atoms with van der Waals surface area (Å²) in [6, 6.07) is 0. The topological polar surface area (TPSA) is 35.0 Å². The molecule has 0 N–H and O–H groups in total. The van der Waals surface area contributed by atoms with Gasteiger partial charge in [-0.05, 0) is 22.6 Å². The van der Waals surface area contributed by atoms with Gasteiger partial charge in [0.05, 0.1) is 9.26 Å². The van der Waals surface area contributed by atoms with Gasteiger partial charge in [-0.25, -0.2) is 9.97 Å². The van der Waals surface area contributed by atoms with E-state index in [0.29, 0.717) is 9.26 Å². The van der Waals surface area contributed by atoms with Crippen LogP contribution in [0.25, 0.3) is 0 Å². The average molecular weight is 409 g/mol. The summed E-state index contributed by atoms with van der Waals surface area (Å²) in [5, 5.41) is 0.228. The van der Waals surface area contributed by atoms with E-state index in [2.05, 4.69) is 14.7 Å². The van der Waals surface area contributed by atoms with Crippen LogP contribution in [0.15, 0.2) is 0 Å². The van der Waals surface area contributed by atoms with Crippen molar-refractivity contribution < 1.29 is 17.9 Å². The van der Waals surface area contributed by atoms with E-state index in [1.165, 1.54) is 0 Å². The zero-order valence-corrected chi connectivity index (χ0v) is 13.5. The first-order valence-electron chi connectivity index (χ1n) is 5.37. The molecule has 8 heteroatoms. The van der Waals surface area contributed by atoms with Crippen LogP contribution in [-0.4, -0.2) is 22.8 Å². The molecule has 0 aliphatic rings. The lowest BCUT2D eigenvalue weighted by Gasteiger charge is -2.20. The van der Waals surface area contributed by atoms with E-state index >= 15 is 0 Å². The van der Waals surface area contributed by atoms with Gasteiger partial charge in [0.1, 0.15) is 18.4 Å². The minimum absolute atomic E-state index is 0.152. The number of hydrogen-bond donors (Lipinski definition) is 0. The van der Waals surface area contributed by atoms with E-state index in [-0.39, 0.29) is 23.0 Å². The highest BCUT2D eigenvalue weighted by Gasteiger charge is 2.28. The quantitative estimate of drug-likeness (QED) is 0.558. The predicted molar refractivity (Wildman–Crippen MR) is 74.2 cm³/mol. The molecule has 0 amide bonds. The molecule has 0 aliphatic heterocycles. The van der Waals surface area contributed by atoms with Gasteiger partial charge < -0.3 is 4.74 Å². The van der Waals surface area contributed by atoms with Crippen molar-refractivity contribution in [3.05, 3.63) is 20.2 Å². The lowest BCUT2D eigenvalue weighted by molar-refractivity contribution is -0.177. The number of alkyl halides is 3. The second-order valence-corrected chi connectivity index (χ2v) is 6.39. The number of aromatic nitrogens is 2. The molecular weight excluding hydrogens is 395 g/mol. The molecule has 0 unspecified atom stereocenters. The van der Waals surface area contributed by atoms with Crippen LogP contribution >= 0.6 is 34.2 Å². The fraction of sp³-hybridized carbons (Fsp3) is 0.636. The molecule has 3 nitrogen and oxygen atoms in total. The molecular formula is C11H13ClF3IN2O. The van der Waals surface area contributed by atoms with Crippen LogP contribution < -0.4 is 0 Å². The van der Waals surface area contributed by atoms with Crippen LogP contribution in [0.5, 0.6) is 0 Å². The Hall–Kier alpha value is -0.150. The minimum Gasteiger partial charge on any atom is -0.364 e. The summed E-state index contributed by atoms with van der Waals surface area (Å²) in [6.45, 7) is 4.17. The maximum Gasteiger partial charge on any atom is 0.411 e. The standard InChI is InChI=1S/C11H13ClF3IN2O/c1-10(2,3)8-7(16)9(12)18-6(17-8)4-19-5-11(13,14)15/h4-5H2,1-3H3. The molecule has 108 valence electrons. The molecule has 1 aromatic rings. The molecule has 0 fully saturated rings. The van der Waals surface area contributed by atoms with E-state index in [4.69, 9.17) is 11.6 Å². The molecule has 1 aromatic heterocycles. The maximum atomic E-state index is 12.0. The zero-order chi connectivity index (χ0) is 14.8. The highest BCUT2D eigenvalue weighted by atomic mass is 127. The monoisotopic (exact) mass is 408 g/mol. The SMILES string of the molecule is CC(C)(C)c1nc(COCC(F)(F)F)nc(Cl)c1I. The zero-order valence-electron chi connectivity index (χ0n) is 10.6. The fourth-order valence-electron chi connectivity index (χ4n) is 1.28. The van der Waals surface area contributed by atoms with Crippen LogP contribution in [-0.2, 0) is 16.8 Å². The van der Waals surface area contributed by atoms with Gasteiger partial charge in [-0.3, -0.25) is 0 Å². The van der Waals surface area contributed by atoms with Crippen molar-refractivity contribution in [2.24, 2.45) is 0 Å². The Morgan fingerprint density at radius 3 is 2.26 bits per heavy atom. The Kier molecular flexibility index (Phi) is 5.42. The molecule has 1 rings (SSSR count). The molecule has 0 aromatic carbocycles. The molecule has 1 heterocycles. The van der Waals surface area contributed by atoms with E-state index in [1.54, 1.807) is 0 Å². The summed E-state index contributed by atoms with van der Waals surface area (Å²) in [5.41, 5.74) is 0.417. The van der Waals surface area contributed by atoms with Crippen LogP contribution in [0.3, 0.4) is 0 Å². The Bertz CT molecular complexity index is 460. The normalized spacial score (nSPS) is 12.8. The maximum absolute atomic E-state index is 12.0. The van der Waals surface area contributed by atoms with Crippen molar-refractivity contribution in [1.29, 1.82) is 0 Å². The van der Waals surface area contributed by atoms with Crippen molar-refractivity contribution >= 4 is 34.2 Å². The molecule has 0 saturated heterocycles. The van der Waals surface area contributed by atoms with Gasteiger partial charge in [-0.15, -0.1) is 0 Å². The number of ether oxygens (including phenoxy) is 1. The van der Waals surface area contributed by atoms with Gasteiger partial charge in [0, 0.05) is 5.41 Å². The predicted octanol–water partition coefficient (Wildman–Crippen LogP) is 4.11. The van der Waals surface area contributed by atoms with Crippen LogP contribution in [0.4, 0.5) is 13.2 Å². The molecule has 0 saturated carbocycles. The van der Waals surface area contributed by atoms with Gasteiger partial charge in [0.2, 0.25) is 0 Å². The average Bonchev–Trinajstić information content (AvgIpc) is 2.19. The van der Waals surface area contributed by atoms with E-state index in [9.17, 15) is 13.2 Å². The van der Waals surface area contributed by atoms with Crippen molar-refractivity contribution in [2.45, 2.75) is 39.0 Å². The van der Waals surface area contributed by atoms with E-state index in [1.807, 2.05) is 43.4 Å². The Morgan fingerprint density at radius 2 is 1.79 bits per heavy atom. The number of nitrogens with zero attached hydrogens (tertiary/aromatic N) is 2. The van der Waals surface area contributed by atoms with Gasteiger partial charge in [-0.2, -0.15) is 13.2 Å². The molecule has 0 aliphatic carbocycles. The van der Waals surface area contributed by atoms with Crippen molar-refractivity contribution in [2.75, 3.05) is 6.61 Å². The van der Waals surface area contributed by atoms with Gasteiger partial charge >= 0.3 is 6.18 Å². The van der Waals surface area contributed by atoms with Gasteiger partial charge in [-0.1, -0.05) is 32.4 Å². The van der Waals surface area contributed by atoms with Gasteiger partial charge in [0.15, 0.2) is 5.82 Å². The number of hydrogen-bond acceptors (Lipinski definition) is 3. The Balaban J connectivity index is 2.89. The molecule has 0 bridgehead atoms. The largest absolute Gasteiger partial charge is 0.411 e. The third kappa shape index (κ3) is 5.39. The van der Waals surface area contributed by atoms with Crippen LogP contribution in [0, 0.1) is 3.57 Å². The number of halogens is 5. The second kappa shape index (κ2) is 6.09. The molecule has 0 radical (unpaired) electrons.